The Balaban J connectivity index is 3.44. The van der Waals surface area contributed by atoms with Gasteiger partial charge in [-0.05, 0) is 6.07 Å². The van der Waals surface area contributed by atoms with Gasteiger partial charge in [-0.2, -0.15) is 0 Å². The average Bonchev–Trinajstić information content (AvgIpc) is 2.35. The molecular formula is C12H14O6. The molecule has 6 nitrogen and oxygen atoms in total. The van der Waals surface area contributed by atoms with Gasteiger partial charge in [0.05, 0.1) is 13.7 Å². The molecule has 0 aliphatic rings. The van der Waals surface area contributed by atoms with Crippen LogP contribution in [0, 0.1) is 0 Å². The van der Waals surface area contributed by atoms with E-state index < -0.39 is 11.7 Å². The van der Waals surface area contributed by atoms with E-state index in [2.05, 4.69) is 0 Å². The molecule has 0 fully saturated rings. The molecule has 0 saturated carbocycles. The Kier molecular flexibility index (Phi) is 4.67. The van der Waals surface area contributed by atoms with E-state index in [1.807, 2.05) is 0 Å². The van der Waals surface area contributed by atoms with E-state index in [9.17, 15) is 14.7 Å². The molecule has 0 unspecified atom stereocenters. The number of aldehydes is 1. The van der Waals surface area contributed by atoms with Gasteiger partial charge in [-0.25, -0.2) is 4.79 Å². The summed E-state index contributed by atoms with van der Waals surface area (Å²) in [6, 6.07) is 1.12. The fourth-order valence-electron chi connectivity index (χ4n) is 1.66. The number of aromatic hydroxyl groups is 1. The number of hydrogen-bond donors (Lipinski definition) is 2. The molecule has 0 heterocycles. The first-order valence-corrected chi connectivity index (χ1v) is 5.17. The Bertz CT molecular complexity index is 466. The molecule has 0 radical (unpaired) electrons. The van der Waals surface area contributed by atoms with Crippen LogP contribution < -0.4 is 4.74 Å². The number of carboxylic acids is 1. The molecule has 2 N–H and O–H groups in total. The number of phenols is 1. The number of carbonyl (C=O) groups is 2. The van der Waals surface area contributed by atoms with Gasteiger partial charge in [0.1, 0.15) is 11.8 Å². The highest BCUT2D eigenvalue weighted by molar-refractivity contribution is 5.95. The van der Waals surface area contributed by atoms with Crippen LogP contribution >= 0.6 is 0 Å². The Labute approximate surface area is 104 Å². The normalized spacial score (nSPS) is 10.1. The molecule has 1 rings (SSSR count). The van der Waals surface area contributed by atoms with E-state index in [0.29, 0.717) is 24.9 Å². The van der Waals surface area contributed by atoms with Crippen molar-refractivity contribution in [3.63, 3.8) is 0 Å². The summed E-state index contributed by atoms with van der Waals surface area (Å²) >= 11 is 0. The third-order valence-electron chi connectivity index (χ3n) is 2.51. The molecule has 0 spiro atoms. The van der Waals surface area contributed by atoms with E-state index in [4.69, 9.17) is 14.6 Å². The number of carboxylic acid groups (broad SMARTS) is 1. The second-order valence-electron chi connectivity index (χ2n) is 3.54. The van der Waals surface area contributed by atoms with Crippen molar-refractivity contribution < 1.29 is 29.3 Å². The summed E-state index contributed by atoms with van der Waals surface area (Å²) in [7, 11) is 2.80. The molecule has 1 aromatic carbocycles. The molecule has 0 aliphatic carbocycles. The number of benzene rings is 1. The van der Waals surface area contributed by atoms with Gasteiger partial charge in [-0.15, -0.1) is 0 Å². The third-order valence-corrected chi connectivity index (χ3v) is 2.51. The van der Waals surface area contributed by atoms with Crippen molar-refractivity contribution >= 4 is 12.3 Å². The zero-order chi connectivity index (χ0) is 13.7. The highest BCUT2D eigenvalue weighted by atomic mass is 16.5. The number of rotatable bonds is 6. The number of methoxy groups -OCH3 is 2. The predicted octanol–water partition coefficient (Wildman–Crippen LogP) is 1.10. The van der Waals surface area contributed by atoms with Gasteiger partial charge in [0.2, 0.25) is 0 Å². The highest BCUT2D eigenvalue weighted by Gasteiger charge is 2.21. The maximum atomic E-state index is 11.0. The lowest BCUT2D eigenvalue weighted by Crippen LogP contribution is -2.07. The van der Waals surface area contributed by atoms with E-state index in [1.54, 1.807) is 0 Å². The highest BCUT2D eigenvalue weighted by Crippen LogP contribution is 2.36. The van der Waals surface area contributed by atoms with Crippen molar-refractivity contribution in [2.75, 3.05) is 20.8 Å². The monoisotopic (exact) mass is 254 g/mol. The number of ether oxygens (including phenoxy) is 2. The zero-order valence-corrected chi connectivity index (χ0v) is 10.1. The van der Waals surface area contributed by atoms with Crippen LogP contribution in [0.3, 0.4) is 0 Å². The van der Waals surface area contributed by atoms with Crippen LogP contribution in [0.4, 0.5) is 0 Å². The standard InChI is InChI=1S/C12H14O6/c1-17-4-3-8-7(6-13)5-9(12(15)16)10(14)11(8)18-2/h5-6,14H,3-4H2,1-2H3,(H,15,16). The maximum Gasteiger partial charge on any atom is 0.339 e. The Morgan fingerprint density at radius 3 is 2.56 bits per heavy atom. The SMILES string of the molecule is COCCc1c(C=O)cc(C(=O)O)c(O)c1OC. The van der Waals surface area contributed by atoms with Crippen LogP contribution in [0.2, 0.25) is 0 Å². The second-order valence-corrected chi connectivity index (χ2v) is 3.54. The largest absolute Gasteiger partial charge is 0.504 e. The van der Waals surface area contributed by atoms with Gasteiger partial charge < -0.3 is 19.7 Å². The van der Waals surface area contributed by atoms with Crippen LogP contribution in [-0.4, -0.2) is 43.3 Å². The molecule has 18 heavy (non-hydrogen) atoms. The van der Waals surface area contributed by atoms with Crippen molar-refractivity contribution in [1.82, 2.24) is 0 Å². The van der Waals surface area contributed by atoms with Gasteiger partial charge in [0.25, 0.3) is 0 Å². The summed E-state index contributed by atoms with van der Waals surface area (Å²) in [6.07, 6.45) is 0.862. The first kappa shape index (κ1) is 14.0. The molecule has 0 atom stereocenters. The molecule has 1 aromatic rings. The molecule has 0 amide bonds. The Morgan fingerprint density at radius 1 is 1.44 bits per heavy atom. The third kappa shape index (κ3) is 2.60. The van der Waals surface area contributed by atoms with Gasteiger partial charge in [-0.1, -0.05) is 0 Å². The molecule has 98 valence electrons. The van der Waals surface area contributed by atoms with Crippen molar-refractivity contribution in [2.45, 2.75) is 6.42 Å². The lowest BCUT2D eigenvalue weighted by atomic mass is 9.99. The van der Waals surface area contributed by atoms with Crippen LogP contribution in [0.5, 0.6) is 11.5 Å². The Morgan fingerprint density at radius 2 is 2.11 bits per heavy atom. The fraction of sp³-hybridized carbons (Fsp3) is 0.333. The predicted molar refractivity (Wildman–Crippen MR) is 62.6 cm³/mol. The van der Waals surface area contributed by atoms with Gasteiger partial charge in [-0.3, -0.25) is 4.79 Å². The minimum Gasteiger partial charge on any atom is -0.504 e. The number of carbonyl (C=O) groups excluding carboxylic acids is 1. The van der Waals surface area contributed by atoms with Crippen molar-refractivity contribution in [3.05, 3.63) is 22.8 Å². The Hall–Kier alpha value is -2.08. The molecular weight excluding hydrogens is 240 g/mol. The smallest absolute Gasteiger partial charge is 0.339 e. The van der Waals surface area contributed by atoms with Gasteiger partial charge in [0.15, 0.2) is 11.5 Å². The average molecular weight is 254 g/mol. The van der Waals surface area contributed by atoms with Crippen molar-refractivity contribution in [2.24, 2.45) is 0 Å². The maximum absolute atomic E-state index is 11.0. The minimum atomic E-state index is -1.33. The quantitative estimate of drug-likeness (QED) is 0.738. The first-order valence-electron chi connectivity index (χ1n) is 5.17. The molecule has 6 heteroatoms. The van der Waals surface area contributed by atoms with Gasteiger partial charge >= 0.3 is 5.97 Å². The van der Waals surface area contributed by atoms with Crippen LogP contribution in [0.1, 0.15) is 26.3 Å². The second kappa shape index (κ2) is 6.02. The summed E-state index contributed by atoms with van der Waals surface area (Å²) in [5, 5.41) is 18.7. The van der Waals surface area contributed by atoms with E-state index in [0.717, 1.165) is 6.07 Å². The summed E-state index contributed by atoms with van der Waals surface area (Å²) in [5.41, 5.74) is 0.228. The molecule has 0 saturated heterocycles. The number of hydrogen-bond acceptors (Lipinski definition) is 5. The molecule has 0 aliphatic heterocycles. The van der Waals surface area contributed by atoms with Crippen LogP contribution in [0.15, 0.2) is 6.07 Å². The first-order chi connectivity index (χ1) is 8.56. The van der Waals surface area contributed by atoms with E-state index in [1.165, 1.54) is 14.2 Å². The summed E-state index contributed by atoms with van der Waals surface area (Å²) < 4.78 is 9.87. The number of aromatic carboxylic acids is 1. The molecule has 0 bridgehead atoms. The van der Waals surface area contributed by atoms with Crippen molar-refractivity contribution in [1.29, 1.82) is 0 Å². The summed E-state index contributed by atoms with van der Waals surface area (Å²) in [6.45, 7) is 0.322. The van der Waals surface area contributed by atoms with Gasteiger partial charge in [0, 0.05) is 24.7 Å². The van der Waals surface area contributed by atoms with Crippen molar-refractivity contribution in [3.8, 4) is 11.5 Å². The van der Waals surface area contributed by atoms with Crippen LogP contribution in [0.25, 0.3) is 0 Å². The molecule has 0 aromatic heterocycles. The lowest BCUT2D eigenvalue weighted by Gasteiger charge is -2.14. The summed E-state index contributed by atoms with van der Waals surface area (Å²) in [5.74, 6) is -1.82. The summed E-state index contributed by atoms with van der Waals surface area (Å²) in [4.78, 5) is 21.9. The zero-order valence-electron chi connectivity index (χ0n) is 10.1. The fourth-order valence-corrected chi connectivity index (χ4v) is 1.66. The van der Waals surface area contributed by atoms with Crippen LogP contribution in [-0.2, 0) is 11.2 Å². The lowest BCUT2D eigenvalue weighted by molar-refractivity contribution is 0.0693. The van der Waals surface area contributed by atoms with E-state index in [-0.39, 0.29) is 16.9 Å². The van der Waals surface area contributed by atoms with E-state index >= 15 is 0 Å². The topological polar surface area (TPSA) is 93.1 Å². The minimum absolute atomic E-state index is 0.00551.